The molecule has 0 saturated carbocycles. The van der Waals surface area contributed by atoms with E-state index in [4.69, 9.17) is 14.2 Å². The van der Waals surface area contributed by atoms with Gasteiger partial charge in [0.05, 0.1) is 0 Å². The van der Waals surface area contributed by atoms with E-state index in [-0.39, 0.29) is 37.5 Å². The van der Waals surface area contributed by atoms with E-state index in [1.807, 2.05) is 0 Å². The Morgan fingerprint density at radius 1 is 0.356 bits per heavy atom. The number of allylic oxidation sites excluding steroid dienone is 10. The Morgan fingerprint density at radius 3 is 1.08 bits per heavy atom. The maximum atomic E-state index is 12.7. The fourth-order valence-corrected chi connectivity index (χ4v) is 6.78. The van der Waals surface area contributed by atoms with Crippen molar-refractivity contribution < 1.29 is 28.6 Å². The van der Waals surface area contributed by atoms with Gasteiger partial charge in [0.2, 0.25) is 0 Å². The molecule has 6 heteroatoms. The van der Waals surface area contributed by atoms with Crippen molar-refractivity contribution in [3.8, 4) is 0 Å². The number of esters is 3. The van der Waals surface area contributed by atoms with Crippen molar-refractivity contribution in [3.63, 3.8) is 0 Å². The molecule has 0 aliphatic heterocycles. The molecule has 0 N–H and O–H groups in total. The molecule has 1 atom stereocenters. The van der Waals surface area contributed by atoms with Crippen molar-refractivity contribution in [1.82, 2.24) is 0 Å². The van der Waals surface area contributed by atoms with E-state index in [1.54, 1.807) is 0 Å². The van der Waals surface area contributed by atoms with Crippen LogP contribution < -0.4 is 0 Å². The summed E-state index contributed by atoms with van der Waals surface area (Å²) in [6, 6.07) is 0. The van der Waals surface area contributed by atoms with Crippen LogP contribution in [0.4, 0.5) is 0 Å². The van der Waals surface area contributed by atoms with Crippen LogP contribution >= 0.6 is 0 Å². The highest BCUT2D eigenvalue weighted by atomic mass is 16.6. The summed E-state index contributed by atoms with van der Waals surface area (Å²) >= 11 is 0. The van der Waals surface area contributed by atoms with Crippen LogP contribution in [0.5, 0.6) is 0 Å². The molecule has 0 heterocycles. The Labute approximate surface area is 364 Å². The number of carbonyl (C=O) groups excluding carboxylic acids is 3. The highest BCUT2D eigenvalue weighted by Crippen LogP contribution is 2.14. The van der Waals surface area contributed by atoms with Gasteiger partial charge in [0.15, 0.2) is 6.10 Å². The van der Waals surface area contributed by atoms with Gasteiger partial charge in [-0.25, -0.2) is 0 Å². The molecular weight excluding hydrogens is 733 g/mol. The summed E-state index contributed by atoms with van der Waals surface area (Å²) in [7, 11) is 0. The van der Waals surface area contributed by atoms with Crippen LogP contribution in [0.25, 0.3) is 0 Å². The van der Waals surface area contributed by atoms with Crippen LogP contribution in [-0.4, -0.2) is 37.2 Å². The number of ether oxygens (including phenoxy) is 3. The molecule has 0 rings (SSSR count). The zero-order valence-corrected chi connectivity index (χ0v) is 38.8. The number of hydrogen-bond acceptors (Lipinski definition) is 6. The molecule has 0 aliphatic rings. The monoisotopic (exact) mass is 825 g/mol. The molecule has 0 aromatic heterocycles. The Kier molecular flexibility index (Phi) is 45.4. The normalized spacial score (nSPS) is 12.5. The van der Waals surface area contributed by atoms with Gasteiger partial charge in [-0.1, -0.05) is 197 Å². The van der Waals surface area contributed by atoms with Crippen LogP contribution in [0, 0.1) is 0 Å². The summed E-state index contributed by atoms with van der Waals surface area (Å²) in [6.07, 6.45) is 57.9. The average Bonchev–Trinajstić information content (AvgIpc) is 3.23. The zero-order valence-electron chi connectivity index (χ0n) is 38.8. The molecule has 0 aromatic rings. The summed E-state index contributed by atoms with van der Waals surface area (Å²) in [6.45, 7) is 6.45. The third-order valence-corrected chi connectivity index (χ3v) is 10.5. The van der Waals surface area contributed by atoms with Gasteiger partial charge in [-0.3, -0.25) is 14.4 Å². The predicted octanol–water partition coefficient (Wildman–Crippen LogP) is 16.1. The fourth-order valence-electron chi connectivity index (χ4n) is 6.78. The van der Waals surface area contributed by atoms with E-state index in [1.165, 1.54) is 116 Å². The molecule has 6 nitrogen and oxygen atoms in total. The van der Waals surface area contributed by atoms with Crippen LogP contribution in [0.2, 0.25) is 0 Å². The summed E-state index contributed by atoms with van der Waals surface area (Å²) in [5.41, 5.74) is 0. The quantitative estimate of drug-likeness (QED) is 0.0263. The molecule has 0 aromatic carbocycles. The second kappa shape index (κ2) is 47.8. The van der Waals surface area contributed by atoms with Gasteiger partial charge in [-0.2, -0.15) is 0 Å². The molecule has 0 aliphatic carbocycles. The van der Waals surface area contributed by atoms with Gasteiger partial charge in [0.1, 0.15) is 13.2 Å². The van der Waals surface area contributed by atoms with Crippen molar-refractivity contribution >= 4 is 17.9 Å². The fraction of sp³-hybridized carbons (Fsp3) is 0.755. The Bertz CT molecular complexity index is 1090. The lowest BCUT2D eigenvalue weighted by Crippen LogP contribution is -2.30. The molecule has 0 spiro atoms. The van der Waals surface area contributed by atoms with E-state index >= 15 is 0 Å². The van der Waals surface area contributed by atoms with E-state index in [0.717, 1.165) is 77.0 Å². The average molecular weight is 825 g/mol. The number of rotatable bonds is 44. The molecule has 0 radical (unpaired) electrons. The van der Waals surface area contributed by atoms with Gasteiger partial charge in [0.25, 0.3) is 0 Å². The number of unbranched alkanes of at least 4 members (excludes halogenated alkanes) is 23. The molecule has 0 fully saturated rings. The van der Waals surface area contributed by atoms with E-state index in [2.05, 4.69) is 81.5 Å². The molecule has 340 valence electrons. The highest BCUT2D eigenvalue weighted by Gasteiger charge is 2.19. The molecule has 0 amide bonds. The zero-order chi connectivity index (χ0) is 43.0. The minimum absolute atomic E-state index is 0.0915. The Morgan fingerprint density at radius 2 is 0.661 bits per heavy atom. The van der Waals surface area contributed by atoms with Crippen LogP contribution in [-0.2, 0) is 28.6 Å². The van der Waals surface area contributed by atoms with Gasteiger partial charge in [0, 0.05) is 19.3 Å². The molecule has 0 saturated heterocycles. The van der Waals surface area contributed by atoms with E-state index < -0.39 is 6.10 Å². The lowest BCUT2D eigenvalue weighted by Gasteiger charge is -2.18. The maximum Gasteiger partial charge on any atom is 0.306 e. The van der Waals surface area contributed by atoms with Crippen molar-refractivity contribution in [1.29, 1.82) is 0 Å². The Balaban J connectivity index is 4.36. The van der Waals surface area contributed by atoms with Crippen LogP contribution in [0.15, 0.2) is 60.8 Å². The predicted molar refractivity (Wildman–Crippen MR) is 251 cm³/mol. The second-order valence-corrected chi connectivity index (χ2v) is 16.3. The number of hydrogen-bond donors (Lipinski definition) is 0. The summed E-state index contributed by atoms with van der Waals surface area (Å²) in [4.78, 5) is 37.8. The minimum Gasteiger partial charge on any atom is -0.462 e. The first-order valence-corrected chi connectivity index (χ1v) is 24.8. The molecule has 1 unspecified atom stereocenters. The van der Waals surface area contributed by atoms with Crippen LogP contribution in [0.1, 0.15) is 239 Å². The standard InChI is InChI=1S/C53H92O6/c1-4-7-10-13-16-19-21-23-25-26-27-29-30-32-34-37-40-43-46-52(55)58-49-50(48-57-51(54)45-42-39-36-18-15-12-9-6-3)59-53(56)47-44-41-38-35-33-31-28-24-22-20-17-14-11-8-5-2/h8,11,17,20,24-26,28,33,35,50H,4-7,9-10,12-16,18-19,21-23,27,29-32,34,36-49H2,1-3H3/b11-8-,20-17-,26-25-,28-24-,35-33-. The van der Waals surface area contributed by atoms with Gasteiger partial charge in [-0.05, 0) is 83.5 Å². The van der Waals surface area contributed by atoms with Crippen molar-refractivity contribution in [2.24, 2.45) is 0 Å². The lowest BCUT2D eigenvalue weighted by molar-refractivity contribution is -0.167. The van der Waals surface area contributed by atoms with Crippen LogP contribution in [0.3, 0.4) is 0 Å². The lowest BCUT2D eigenvalue weighted by atomic mass is 10.1. The SMILES string of the molecule is CC/C=C\C/C=C\C/C=C\C/C=C\CCCCC(=O)OC(COC(=O)CCCCCCCCCC)COC(=O)CCCCCCCCC/C=C\CCCCCCCCC. The third kappa shape index (κ3) is 46.0. The first-order valence-electron chi connectivity index (χ1n) is 24.8. The molecule has 59 heavy (non-hydrogen) atoms. The van der Waals surface area contributed by atoms with Gasteiger partial charge in [-0.15, -0.1) is 0 Å². The maximum absolute atomic E-state index is 12.7. The third-order valence-electron chi connectivity index (χ3n) is 10.5. The topological polar surface area (TPSA) is 78.9 Å². The number of carbonyl (C=O) groups is 3. The smallest absolute Gasteiger partial charge is 0.306 e. The van der Waals surface area contributed by atoms with Crippen molar-refractivity contribution in [2.45, 2.75) is 245 Å². The highest BCUT2D eigenvalue weighted by molar-refractivity contribution is 5.71. The summed E-state index contributed by atoms with van der Waals surface area (Å²) in [5, 5.41) is 0. The van der Waals surface area contributed by atoms with E-state index in [9.17, 15) is 14.4 Å². The van der Waals surface area contributed by atoms with Gasteiger partial charge < -0.3 is 14.2 Å². The summed E-state index contributed by atoms with van der Waals surface area (Å²) in [5.74, 6) is -0.941. The largest absolute Gasteiger partial charge is 0.462 e. The molecule has 0 bridgehead atoms. The second-order valence-electron chi connectivity index (χ2n) is 16.3. The summed E-state index contributed by atoms with van der Waals surface area (Å²) < 4.78 is 16.7. The van der Waals surface area contributed by atoms with Crippen molar-refractivity contribution in [3.05, 3.63) is 60.8 Å². The van der Waals surface area contributed by atoms with Crippen molar-refractivity contribution in [2.75, 3.05) is 13.2 Å². The first kappa shape index (κ1) is 56.1. The minimum atomic E-state index is -0.793. The molecular formula is C53H92O6. The first-order chi connectivity index (χ1) is 29.0. The van der Waals surface area contributed by atoms with E-state index in [0.29, 0.717) is 19.3 Å². The Hall–Kier alpha value is -2.89. The van der Waals surface area contributed by atoms with Gasteiger partial charge >= 0.3 is 17.9 Å².